The number of halogens is 2. The highest BCUT2D eigenvalue weighted by molar-refractivity contribution is 6.32. The minimum absolute atomic E-state index is 0.0195. The minimum atomic E-state index is -0.330. The van der Waals surface area contributed by atoms with Crippen LogP contribution in [0.1, 0.15) is 5.56 Å². The highest BCUT2D eigenvalue weighted by Crippen LogP contribution is 2.23. The number of amides is 1. The predicted molar refractivity (Wildman–Crippen MR) is 125 cm³/mol. The topological polar surface area (TPSA) is 103 Å². The van der Waals surface area contributed by atoms with E-state index in [4.69, 9.17) is 16.3 Å². The number of carbonyl (C=O) groups excluding carboxylic acids is 1. The fourth-order valence-electron chi connectivity index (χ4n) is 3.77. The molecule has 9 nitrogen and oxygen atoms in total. The quantitative estimate of drug-likeness (QED) is 0.437. The molecule has 1 fully saturated rings. The van der Waals surface area contributed by atoms with E-state index in [1.165, 1.54) is 23.0 Å². The third kappa shape index (κ3) is 4.37. The third-order valence-electron chi connectivity index (χ3n) is 5.57. The fraction of sp³-hybridized carbons (Fsp3) is 0.217. The Morgan fingerprint density at radius 2 is 2.09 bits per heavy atom. The summed E-state index contributed by atoms with van der Waals surface area (Å²) >= 11 is 6.36. The van der Waals surface area contributed by atoms with Gasteiger partial charge in [-0.15, -0.1) is 0 Å². The van der Waals surface area contributed by atoms with Gasteiger partial charge in [0.2, 0.25) is 5.91 Å². The van der Waals surface area contributed by atoms with Gasteiger partial charge < -0.3 is 15.4 Å². The van der Waals surface area contributed by atoms with E-state index in [1.807, 2.05) is 0 Å². The number of carbonyl (C=O) groups is 1. The lowest BCUT2D eigenvalue weighted by Crippen LogP contribution is -2.45. The number of hydrogen-bond donors (Lipinski definition) is 2. The standard InChI is InChI=1S/C23H20ClFN6O3/c24-17-11-27-21(26-8-15-9-28-22(32)13-34-15)7-20(17)30-6-5-19-16(23(30)33)10-29-31(19)12-14-3-1-2-4-18(14)25/h1-7,10-11,15H,8-9,12-13H2,(H,26,27)(H,28,32). The van der Waals surface area contributed by atoms with Crippen LogP contribution in [0.15, 0.2) is 59.8 Å². The van der Waals surface area contributed by atoms with E-state index in [9.17, 15) is 14.0 Å². The van der Waals surface area contributed by atoms with Gasteiger partial charge in [0.1, 0.15) is 18.2 Å². The summed E-state index contributed by atoms with van der Waals surface area (Å²) in [5.74, 6) is 0.0291. The van der Waals surface area contributed by atoms with Crippen LogP contribution in [0.5, 0.6) is 0 Å². The Labute approximate surface area is 198 Å². The van der Waals surface area contributed by atoms with Crippen LogP contribution >= 0.6 is 11.6 Å². The maximum Gasteiger partial charge on any atom is 0.266 e. The first kappa shape index (κ1) is 22.1. The zero-order chi connectivity index (χ0) is 23.7. The van der Waals surface area contributed by atoms with Crippen LogP contribution in [0.3, 0.4) is 0 Å². The van der Waals surface area contributed by atoms with Crippen LogP contribution in [-0.2, 0) is 16.1 Å². The Morgan fingerprint density at radius 1 is 1.24 bits per heavy atom. The molecular weight excluding hydrogens is 463 g/mol. The first-order chi connectivity index (χ1) is 16.5. The largest absolute Gasteiger partial charge is 0.367 e. The van der Waals surface area contributed by atoms with E-state index in [2.05, 4.69) is 20.7 Å². The maximum absolute atomic E-state index is 14.1. The fourth-order valence-corrected chi connectivity index (χ4v) is 3.97. The maximum atomic E-state index is 14.1. The van der Waals surface area contributed by atoms with Gasteiger partial charge in [-0.1, -0.05) is 29.8 Å². The molecule has 1 saturated heterocycles. The second-order valence-corrected chi connectivity index (χ2v) is 8.23. The van der Waals surface area contributed by atoms with E-state index in [0.717, 1.165) is 0 Å². The molecule has 0 aliphatic carbocycles. The summed E-state index contributed by atoms with van der Waals surface area (Å²) in [6, 6.07) is 9.86. The summed E-state index contributed by atoms with van der Waals surface area (Å²) in [7, 11) is 0. The van der Waals surface area contributed by atoms with Crippen molar-refractivity contribution in [1.29, 1.82) is 0 Å². The van der Waals surface area contributed by atoms with Crippen LogP contribution in [0.25, 0.3) is 16.6 Å². The number of nitrogens with one attached hydrogen (secondary N) is 2. The summed E-state index contributed by atoms with van der Waals surface area (Å²) < 4.78 is 22.5. The highest BCUT2D eigenvalue weighted by Gasteiger charge is 2.19. The van der Waals surface area contributed by atoms with Crippen LogP contribution in [0.4, 0.5) is 10.2 Å². The molecule has 0 radical (unpaired) electrons. The van der Waals surface area contributed by atoms with Crippen molar-refractivity contribution < 1.29 is 13.9 Å². The van der Waals surface area contributed by atoms with Gasteiger partial charge in [-0.05, 0) is 12.1 Å². The van der Waals surface area contributed by atoms with Gasteiger partial charge in [-0.25, -0.2) is 9.37 Å². The summed E-state index contributed by atoms with van der Waals surface area (Å²) in [6.45, 7) is 1.05. The molecule has 4 heterocycles. The average molecular weight is 483 g/mol. The molecule has 174 valence electrons. The lowest BCUT2D eigenvalue weighted by atomic mass is 10.2. The molecular formula is C23H20ClFN6O3. The lowest BCUT2D eigenvalue weighted by molar-refractivity contribution is -0.132. The summed E-state index contributed by atoms with van der Waals surface area (Å²) in [5, 5.41) is 10.9. The monoisotopic (exact) mass is 482 g/mol. The number of nitrogens with zero attached hydrogens (tertiary/aromatic N) is 4. The number of benzene rings is 1. The van der Waals surface area contributed by atoms with Gasteiger partial charge in [0, 0.05) is 30.9 Å². The molecule has 2 N–H and O–H groups in total. The molecule has 1 unspecified atom stereocenters. The molecule has 1 aromatic carbocycles. The van der Waals surface area contributed by atoms with Crippen molar-refractivity contribution in [2.24, 2.45) is 0 Å². The first-order valence-electron chi connectivity index (χ1n) is 10.6. The van der Waals surface area contributed by atoms with Gasteiger partial charge in [0.05, 0.1) is 46.7 Å². The second kappa shape index (κ2) is 9.24. The van der Waals surface area contributed by atoms with Crippen molar-refractivity contribution in [3.05, 3.63) is 81.7 Å². The zero-order valence-corrected chi connectivity index (χ0v) is 18.6. The second-order valence-electron chi connectivity index (χ2n) is 7.82. The molecule has 0 spiro atoms. The van der Waals surface area contributed by atoms with Crippen molar-refractivity contribution in [1.82, 2.24) is 24.6 Å². The van der Waals surface area contributed by atoms with Crippen molar-refractivity contribution >= 4 is 34.2 Å². The number of morpholine rings is 1. The van der Waals surface area contributed by atoms with Gasteiger partial charge in [0.25, 0.3) is 5.56 Å². The molecule has 0 bridgehead atoms. The minimum Gasteiger partial charge on any atom is -0.367 e. The van der Waals surface area contributed by atoms with E-state index in [1.54, 1.807) is 41.2 Å². The van der Waals surface area contributed by atoms with E-state index in [0.29, 0.717) is 46.1 Å². The van der Waals surface area contributed by atoms with Crippen molar-refractivity contribution in [2.45, 2.75) is 12.6 Å². The number of pyridine rings is 2. The Kier molecular flexibility index (Phi) is 5.99. The Morgan fingerprint density at radius 3 is 2.88 bits per heavy atom. The van der Waals surface area contributed by atoms with Gasteiger partial charge in [0.15, 0.2) is 0 Å². The molecule has 1 aliphatic rings. The molecule has 1 atom stereocenters. The molecule has 0 saturated carbocycles. The van der Waals surface area contributed by atoms with E-state index in [-0.39, 0.29) is 36.5 Å². The molecule has 4 aromatic rings. The van der Waals surface area contributed by atoms with Gasteiger partial charge >= 0.3 is 0 Å². The van der Waals surface area contributed by atoms with Gasteiger partial charge in [-0.2, -0.15) is 5.10 Å². The lowest BCUT2D eigenvalue weighted by Gasteiger charge is -2.23. The van der Waals surface area contributed by atoms with Crippen LogP contribution in [-0.4, -0.2) is 51.0 Å². The molecule has 1 aliphatic heterocycles. The molecule has 1 amide bonds. The number of anilines is 1. The molecule has 5 rings (SSSR count). The Bertz CT molecular complexity index is 1430. The first-order valence-corrected chi connectivity index (χ1v) is 11.0. The number of aromatic nitrogens is 4. The predicted octanol–water partition coefficient (Wildman–Crippen LogP) is 2.35. The smallest absolute Gasteiger partial charge is 0.266 e. The van der Waals surface area contributed by atoms with E-state index >= 15 is 0 Å². The SMILES string of the molecule is O=C1COC(CNc2cc(-n3ccc4c(cnn4Cc4ccccc4F)c3=O)c(Cl)cn2)CN1. The summed E-state index contributed by atoms with van der Waals surface area (Å²) in [6.07, 6.45) is 4.34. The number of fused-ring (bicyclic) bond motifs is 1. The third-order valence-corrected chi connectivity index (χ3v) is 5.86. The summed E-state index contributed by atoms with van der Waals surface area (Å²) in [4.78, 5) is 28.7. The van der Waals surface area contributed by atoms with Crippen molar-refractivity contribution in [3.63, 3.8) is 0 Å². The molecule has 11 heteroatoms. The summed E-state index contributed by atoms with van der Waals surface area (Å²) in [5.41, 5.74) is 1.20. The van der Waals surface area contributed by atoms with Crippen molar-refractivity contribution in [3.8, 4) is 5.69 Å². The molecule has 3 aromatic heterocycles. The highest BCUT2D eigenvalue weighted by atomic mass is 35.5. The van der Waals surface area contributed by atoms with Crippen LogP contribution in [0, 0.1) is 5.82 Å². The Balaban J connectivity index is 1.41. The zero-order valence-electron chi connectivity index (χ0n) is 17.9. The number of rotatable bonds is 6. The van der Waals surface area contributed by atoms with Crippen LogP contribution in [0.2, 0.25) is 5.02 Å². The Hall–Kier alpha value is -3.76. The van der Waals surface area contributed by atoms with Gasteiger partial charge in [-0.3, -0.25) is 18.8 Å². The molecule has 34 heavy (non-hydrogen) atoms. The number of ether oxygens (including phenoxy) is 1. The normalized spacial score (nSPS) is 15.9. The van der Waals surface area contributed by atoms with E-state index < -0.39 is 0 Å². The van der Waals surface area contributed by atoms with Crippen LogP contribution < -0.4 is 16.2 Å². The average Bonchev–Trinajstić information content (AvgIpc) is 3.25. The van der Waals surface area contributed by atoms with Crippen molar-refractivity contribution in [2.75, 3.05) is 25.0 Å². The number of hydrogen-bond acceptors (Lipinski definition) is 6.